The SMILES string of the molecule is O=C(Cc1ccccc1)NC1C(=O)N2C(C(=O)OCc3ccc([N+](=O)[O-])cc3)=C(N3CCOCC3)CS[C@H]12. The zero-order valence-corrected chi connectivity index (χ0v) is 21.2. The van der Waals surface area contributed by atoms with Crippen molar-refractivity contribution in [2.45, 2.75) is 24.4 Å². The first-order chi connectivity index (χ1) is 18.4. The van der Waals surface area contributed by atoms with Crippen LogP contribution in [-0.4, -0.2) is 76.0 Å². The van der Waals surface area contributed by atoms with Gasteiger partial charge in [0.15, 0.2) is 5.70 Å². The highest BCUT2D eigenvalue weighted by Crippen LogP contribution is 2.41. The van der Waals surface area contributed by atoms with Gasteiger partial charge in [0.05, 0.1) is 30.3 Å². The third-order valence-corrected chi connectivity index (χ3v) is 7.84. The highest BCUT2D eigenvalue weighted by Gasteiger charge is 2.55. The second-order valence-electron chi connectivity index (χ2n) is 9.01. The van der Waals surface area contributed by atoms with Gasteiger partial charge in [0.1, 0.15) is 18.0 Å². The van der Waals surface area contributed by atoms with Crippen molar-refractivity contribution in [3.05, 3.63) is 87.2 Å². The number of benzene rings is 2. The number of hydrogen-bond acceptors (Lipinski definition) is 9. The number of amides is 2. The molecule has 38 heavy (non-hydrogen) atoms. The molecule has 2 aromatic carbocycles. The number of thioether (sulfide) groups is 1. The van der Waals surface area contributed by atoms with Gasteiger partial charge in [-0.25, -0.2) is 4.79 Å². The van der Waals surface area contributed by atoms with Crippen molar-refractivity contribution in [3.8, 4) is 0 Å². The van der Waals surface area contributed by atoms with Crippen LogP contribution >= 0.6 is 11.8 Å². The molecule has 2 atom stereocenters. The highest BCUT2D eigenvalue weighted by atomic mass is 32.2. The summed E-state index contributed by atoms with van der Waals surface area (Å²) in [5, 5.41) is 13.3. The number of fused-ring (bicyclic) bond motifs is 1. The number of nitro benzene ring substituents is 1. The number of carbonyl (C=O) groups is 3. The number of nitro groups is 1. The van der Waals surface area contributed by atoms with E-state index in [1.807, 2.05) is 35.2 Å². The molecule has 198 valence electrons. The van der Waals surface area contributed by atoms with Crippen molar-refractivity contribution in [2.24, 2.45) is 0 Å². The molecule has 0 aliphatic carbocycles. The van der Waals surface area contributed by atoms with E-state index in [0.29, 0.717) is 43.3 Å². The van der Waals surface area contributed by atoms with Crippen LogP contribution in [0.3, 0.4) is 0 Å². The summed E-state index contributed by atoms with van der Waals surface area (Å²) in [5.41, 5.74) is 2.24. The third-order valence-electron chi connectivity index (χ3n) is 6.58. The zero-order chi connectivity index (χ0) is 26.6. The fraction of sp³-hybridized carbons (Fsp3) is 0.346. The Bertz CT molecular complexity index is 1260. The molecule has 0 spiro atoms. The number of β-lactam (4-membered cyclic amide) rings is 1. The molecular weight excluding hydrogens is 512 g/mol. The number of hydrogen-bond donors (Lipinski definition) is 1. The summed E-state index contributed by atoms with van der Waals surface area (Å²) in [4.78, 5) is 53.1. The van der Waals surface area contributed by atoms with Crippen LogP contribution in [0.4, 0.5) is 5.69 Å². The van der Waals surface area contributed by atoms with Gasteiger partial charge in [-0.15, -0.1) is 11.8 Å². The van der Waals surface area contributed by atoms with E-state index < -0.39 is 22.3 Å². The Balaban J connectivity index is 1.31. The van der Waals surface area contributed by atoms with Crippen LogP contribution in [-0.2, 0) is 36.9 Å². The molecule has 2 amide bonds. The van der Waals surface area contributed by atoms with Crippen molar-refractivity contribution in [2.75, 3.05) is 32.1 Å². The first-order valence-corrected chi connectivity index (χ1v) is 13.2. The summed E-state index contributed by atoms with van der Waals surface area (Å²) in [7, 11) is 0. The highest BCUT2D eigenvalue weighted by molar-refractivity contribution is 8.00. The molecule has 11 nitrogen and oxygen atoms in total. The summed E-state index contributed by atoms with van der Waals surface area (Å²) in [5.74, 6) is -0.809. The van der Waals surface area contributed by atoms with E-state index in [2.05, 4.69) is 5.32 Å². The molecule has 1 unspecified atom stereocenters. The molecular formula is C26H26N4O7S. The van der Waals surface area contributed by atoms with Crippen molar-refractivity contribution in [1.82, 2.24) is 15.1 Å². The third kappa shape index (κ3) is 5.36. The maximum atomic E-state index is 13.4. The quantitative estimate of drug-likeness (QED) is 0.231. The fourth-order valence-electron chi connectivity index (χ4n) is 4.60. The Morgan fingerprint density at radius 2 is 1.79 bits per heavy atom. The average Bonchev–Trinajstić information content (AvgIpc) is 2.95. The predicted octanol–water partition coefficient (Wildman–Crippen LogP) is 1.82. The van der Waals surface area contributed by atoms with Gasteiger partial charge in [-0.1, -0.05) is 30.3 Å². The van der Waals surface area contributed by atoms with Crippen LogP contribution < -0.4 is 5.32 Å². The lowest BCUT2D eigenvalue weighted by Gasteiger charge is -2.51. The lowest BCUT2D eigenvalue weighted by molar-refractivity contribution is -0.384. The molecule has 3 heterocycles. The van der Waals surface area contributed by atoms with Gasteiger partial charge in [-0.05, 0) is 23.3 Å². The van der Waals surface area contributed by atoms with E-state index in [1.54, 1.807) is 0 Å². The summed E-state index contributed by atoms with van der Waals surface area (Å²) in [6.45, 7) is 2.08. The zero-order valence-electron chi connectivity index (χ0n) is 20.4. The van der Waals surface area contributed by atoms with Crippen LogP contribution in [0.15, 0.2) is 66.0 Å². The van der Waals surface area contributed by atoms with Gasteiger partial charge >= 0.3 is 5.97 Å². The molecule has 2 aromatic rings. The maximum Gasteiger partial charge on any atom is 0.357 e. The van der Waals surface area contributed by atoms with E-state index in [9.17, 15) is 24.5 Å². The normalized spacial score (nSPS) is 20.9. The minimum atomic E-state index is -0.736. The van der Waals surface area contributed by atoms with Gasteiger partial charge in [0, 0.05) is 31.0 Å². The van der Waals surface area contributed by atoms with Crippen molar-refractivity contribution >= 4 is 35.2 Å². The summed E-state index contributed by atoms with van der Waals surface area (Å²) >= 11 is 1.49. The Kier molecular flexibility index (Phi) is 7.61. The minimum absolute atomic E-state index is 0.0592. The molecule has 0 bridgehead atoms. The Morgan fingerprint density at radius 1 is 1.08 bits per heavy atom. The monoisotopic (exact) mass is 538 g/mol. The van der Waals surface area contributed by atoms with Crippen LogP contribution in [0.1, 0.15) is 11.1 Å². The topological polar surface area (TPSA) is 131 Å². The average molecular weight is 539 g/mol. The van der Waals surface area contributed by atoms with Gasteiger partial charge in [-0.3, -0.25) is 24.6 Å². The first-order valence-electron chi connectivity index (χ1n) is 12.2. The number of esters is 1. The van der Waals surface area contributed by atoms with Gasteiger partial charge < -0.3 is 19.7 Å². The molecule has 3 aliphatic heterocycles. The van der Waals surface area contributed by atoms with Crippen LogP contribution in [0.2, 0.25) is 0 Å². The molecule has 0 aromatic heterocycles. The molecule has 5 rings (SSSR count). The number of nitrogens with zero attached hydrogens (tertiary/aromatic N) is 3. The van der Waals surface area contributed by atoms with E-state index in [-0.39, 0.29) is 36.2 Å². The smallest absolute Gasteiger partial charge is 0.357 e. The lowest BCUT2D eigenvalue weighted by atomic mass is 10.0. The van der Waals surface area contributed by atoms with Gasteiger partial charge in [0.25, 0.3) is 11.6 Å². The molecule has 12 heteroatoms. The van der Waals surface area contributed by atoms with E-state index in [4.69, 9.17) is 9.47 Å². The minimum Gasteiger partial charge on any atom is -0.456 e. The molecule has 2 fully saturated rings. The second-order valence-corrected chi connectivity index (χ2v) is 10.1. The van der Waals surface area contributed by atoms with Crippen LogP contribution in [0, 0.1) is 10.1 Å². The maximum absolute atomic E-state index is 13.4. The van der Waals surface area contributed by atoms with Crippen LogP contribution in [0.5, 0.6) is 0 Å². The van der Waals surface area contributed by atoms with Crippen molar-refractivity contribution in [1.29, 1.82) is 0 Å². The van der Waals surface area contributed by atoms with Crippen molar-refractivity contribution in [3.63, 3.8) is 0 Å². The molecule has 2 saturated heterocycles. The Labute approximate surface area is 222 Å². The first kappa shape index (κ1) is 25.7. The number of morpholine rings is 1. The molecule has 0 radical (unpaired) electrons. The number of rotatable bonds is 8. The van der Waals surface area contributed by atoms with Gasteiger partial charge in [0.2, 0.25) is 5.91 Å². The van der Waals surface area contributed by atoms with E-state index in [1.165, 1.54) is 40.9 Å². The molecule has 1 N–H and O–H groups in total. The number of non-ortho nitro benzene ring substituents is 1. The lowest BCUT2D eigenvalue weighted by Crippen LogP contribution is -2.71. The predicted molar refractivity (Wildman–Crippen MR) is 137 cm³/mol. The second kappa shape index (κ2) is 11.2. The van der Waals surface area contributed by atoms with Gasteiger partial charge in [-0.2, -0.15) is 0 Å². The summed E-state index contributed by atoms with van der Waals surface area (Å²) in [6.07, 6.45) is 0.154. The number of carbonyl (C=O) groups excluding carboxylic acids is 3. The number of nitrogens with one attached hydrogen (secondary N) is 1. The van der Waals surface area contributed by atoms with E-state index >= 15 is 0 Å². The van der Waals surface area contributed by atoms with E-state index in [0.717, 1.165) is 5.56 Å². The Hall–Kier alpha value is -3.90. The van der Waals surface area contributed by atoms with Crippen LogP contribution in [0.25, 0.3) is 0 Å². The Morgan fingerprint density at radius 3 is 2.47 bits per heavy atom. The molecule has 0 saturated carbocycles. The largest absolute Gasteiger partial charge is 0.456 e. The summed E-state index contributed by atoms with van der Waals surface area (Å²) in [6, 6.07) is 14.3. The van der Waals surface area contributed by atoms with Crippen molar-refractivity contribution < 1.29 is 28.8 Å². The molecule has 3 aliphatic rings. The standard InChI is InChI=1S/C26H26N4O7S/c31-21(14-17-4-2-1-3-5-17)27-22-24(32)29-23(20(16-38-25(22)29)28-10-12-36-13-11-28)26(33)37-15-18-6-8-19(9-7-18)30(34)35/h1-9,22,25H,10-16H2,(H,27,31)/t22?,25-/m1/s1. The summed E-state index contributed by atoms with van der Waals surface area (Å²) < 4.78 is 11.0. The fourth-order valence-corrected chi connectivity index (χ4v) is 5.99. The number of ether oxygens (including phenoxy) is 2.